The highest BCUT2D eigenvalue weighted by Crippen LogP contribution is 2.12. The van der Waals surface area contributed by atoms with Gasteiger partial charge in [-0.3, -0.25) is 4.79 Å². The van der Waals surface area contributed by atoms with E-state index in [1.54, 1.807) is 6.08 Å². The lowest BCUT2D eigenvalue weighted by Crippen LogP contribution is -2.45. The molecule has 0 rings (SSSR count). The summed E-state index contributed by atoms with van der Waals surface area (Å²) < 4.78 is 0. The first-order chi connectivity index (χ1) is 13.7. The molecule has 0 aliphatic heterocycles. The smallest absolute Gasteiger partial charge is 0.220 e. The Labute approximate surface area is 174 Å². The van der Waals surface area contributed by atoms with Gasteiger partial charge in [-0.25, -0.2) is 0 Å². The van der Waals surface area contributed by atoms with Gasteiger partial charge in [-0.1, -0.05) is 103 Å². The van der Waals surface area contributed by atoms with E-state index in [1.807, 2.05) is 6.08 Å². The maximum atomic E-state index is 11.8. The summed E-state index contributed by atoms with van der Waals surface area (Å²) in [5, 5.41) is 22.3. The summed E-state index contributed by atoms with van der Waals surface area (Å²) in [4.78, 5) is 11.8. The third kappa shape index (κ3) is 17.2. The van der Waals surface area contributed by atoms with Crippen molar-refractivity contribution in [3.8, 4) is 0 Å². The van der Waals surface area contributed by atoms with E-state index in [2.05, 4.69) is 19.2 Å². The molecule has 0 bridgehead atoms. The van der Waals surface area contributed by atoms with Crippen LogP contribution in [0.2, 0.25) is 0 Å². The minimum absolute atomic E-state index is 0.0923. The SMILES string of the molecule is CCCCCCCCCCCCC/C=C/[C@@H](O)[C@H](CO)NC(=O)CCCCC. The summed E-state index contributed by atoms with van der Waals surface area (Å²) in [6.45, 7) is 4.11. The van der Waals surface area contributed by atoms with Gasteiger partial charge in [0.1, 0.15) is 0 Å². The van der Waals surface area contributed by atoms with Crippen molar-refractivity contribution in [2.45, 2.75) is 129 Å². The quantitative estimate of drug-likeness (QED) is 0.183. The predicted molar refractivity (Wildman–Crippen MR) is 119 cm³/mol. The minimum Gasteiger partial charge on any atom is -0.394 e. The lowest BCUT2D eigenvalue weighted by molar-refractivity contribution is -0.123. The van der Waals surface area contributed by atoms with E-state index in [4.69, 9.17) is 0 Å². The lowest BCUT2D eigenvalue weighted by Gasteiger charge is -2.19. The molecule has 3 N–H and O–H groups in total. The Balaban J connectivity index is 3.66. The number of amides is 1. The summed E-state index contributed by atoms with van der Waals surface area (Å²) in [6, 6.07) is -0.609. The summed E-state index contributed by atoms with van der Waals surface area (Å²) in [5.41, 5.74) is 0. The van der Waals surface area contributed by atoms with Crippen molar-refractivity contribution in [2.24, 2.45) is 0 Å². The first kappa shape index (κ1) is 27.1. The number of carbonyl (C=O) groups is 1. The standard InChI is InChI=1S/C24H47NO3/c1-3-5-7-8-9-10-11-12-13-14-15-16-18-19-23(27)22(21-26)25-24(28)20-17-6-4-2/h18-19,22-23,26-27H,3-17,20-21H2,1-2H3,(H,25,28)/b19-18+/t22-,23+/m0/s1. The van der Waals surface area contributed by atoms with Crippen molar-refractivity contribution < 1.29 is 15.0 Å². The highest BCUT2D eigenvalue weighted by molar-refractivity contribution is 5.76. The molecule has 28 heavy (non-hydrogen) atoms. The van der Waals surface area contributed by atoms with Crippen LogP contribution in [0.25, 0.3) is 0 Å². The van der Waals surface area contributed by atoms with Crippen LogP contribution in [-0.4, -0.2) is 34.9 Å². The topological polar surface area (TPSA) is 69.6 Å². The van der Waals surface area contributed by atoms with Crippen molar-refractivity contribution in [3.63, 3.8) is 0 Å². The molecule has 0 aromatic heterocycles. The zero-order valence-corrected chi connectivity index (χ0v) is 18.6. The normalized spacial score (nSPS) is 13.7. The second kappa shape index (κ2) is 20.9. The molecule has 4 heteroatoms. The maximum absolute atomic E-state index is 11.8. The van der Waals surface area contributed by atoms with Crippen LogP contribution in [0, 0.1) is 0 Å². The maximum Gasteiger partial charge on any atom is 0.220 e. The van der Waals surface area contributed by atoms with Crippen LogP contribution in [0.15, 0.2) is 12.2 Å². The molecule has 0 aromatic rings. The first-order valence-corrected chi connectivity index (χ1v) is 11.9. The largest absolute Gasteiger partial charge is 0.394 e. The van der Waals surface area contributed by atoms with Crippen LogP contribution >= 0.6 is 0 Å². The fraction of sp³-hybridized carbons (Fsp3) is 0.875. The first-order valence-electron chi connectivity index (χ1n) is 11.9. The zero-order valence-electron chi connectivity index (χ0n) is 18.6. The van der Waals surface area contributed by atoms with E-state index >= 15 is 0 Å². The molecule has 0 fully saturated rings. The molecule has 0 saturated carbocycles. The van der Waals surface area contributed by atoms with E-state index in [0.29, 0.717) is 6.42 Å². The number of carbonyl (C=O) groups excluding carboxylic acids is 1. The molecular formula is C24H47NO3. The average Bonchev–Trinajstić information content (AvgIpc) is 2.69. The molecule has 0 aromatic carbocycles. The van der Waals surface area contributed by atoms with E-state index < -0.39 is 12.1 Å². The van der Waals surface area contributed by atoms with Crippen molar-refractivity contribution in [1.82, 2.24) is 5.32 Å². The second-order valence-corrected chi connectivity index (χ2v) is 8.06. The van der Waals surface area contributed by atoms with Crippen LogP contribution in [0.5, 0.6) is 0 Å². The Hall–Kier alpha value is -0.870. The van der Waals surface area contributed by atoms with Gasteiger partial charge >= 0.3 is 0 Å². The van der Waals surface area contributed by atoms with Gasteiger partial charge in [0.25, 0.3) is 0 Å². The van der Waals surface area contributed by atoms with Gasteiger partial charge in [0, 0.05) is 6.42 Å². The number of allylic oxidation sites excluding steroid dienone is 1. The molecule has 0 spiro atoms. The fourth-order valence-corrected chi connectivity index (χ4v) is 3.35. The Kier molecular flexibility index (Phi) is 20.2. The highest BCUT2D eigenvalue weighted by Gasteiger charge is 2.17. The van der Waals surface area contributed by atoms with Crippen LogP contribution in [0.4, 0.5) is 0 Å². The number of rotatable bonds is 20. The summed E-state index contributed by atoms with van der Waals surface area (Å²) >= 11 is 0. The van der Waals surface area contributed by atoms with Gasteiger partial charge in [0.15, 0.2) is 0 Å². The Morgan fingerprint density at radius 2 is 1.32 bits per heavy atom. The molecule has 0 aliphatic carbocycles. The fourth-order valence-electron chi connectivity index (χ4n) is 3.35. The van der Waals surface area contributed by atoms with Gasteiger partial charge in [-0.15, -0.1) is 0 Å². The Morgan fingerprint density at radius 1 is 0.821 bits per heavy atom. The molecule has 166 valence electrons. The molecule has 1 amide bonds. The van der Waals surface area contributed by atoms with Crippen LogP contribution in [0.1, 0.15) is 117 Å². The molecule has 0 heterocycles. The van der Waals surface area contributed by atoms with E-state index in [0.717, 1.165) is 32.1 Å². The van der Waals surface area contributed by atoms with Crippen LogP contribution in [0.3, 0.4) is 0 Å². The molecular weight excluding hydrogens is 350 g/mol. The highest BCUT2D eigenvalue weighted by atomic mass is 16.3. The molecule has 0 saturated heterocycles. The Bertz CT molecular complexity index is 371. The lowest BCUT2D eigenvalue weighted by atomic mass is 10.0. The number of unbranched alkanes of at least 4 members (excludes halogenated alkanes) is 13. The van der Waals surface area contributed by atoms with Crippen molar-refractivity contribution in [1.29, 1.82) is 0 Å². The van der Waals surface area contributed by atoms with E-state index in [-0.39, 0.29) is 12.5 Å². The molecule has 0 unspecified atom stereocenters. The van der Waals surface area contributed by atoms with E-state index in [9.17, 15) is 15.0 Å². The number of hydrogen-bond donors (Lipinski definition) is 3. The number of aliphatic hydroxyl groups is 2. The van der Waals surface area contributed by atoms with Crippen molar-refractivity contribution in [3.05, 3.63) is 12.2 Å². The monoisotopic (exact) mass is 397 g/mol. The molecule has 0 aliphatic rings. The van der Waals surface area contributed by atoms with Gasteiger partial charge < -0.3 is 15.5 Å². The molecule has 4 nitrogen and oxygen atoms in total. The minimum atomic E-state index is -0.826. The average molecular weight is 398 g/mol. The van der Waals surface area contributed by atoms with Crippen LogP contribution in [-0.2, 0) is 4.79 Å². The zero-order chi connectivity index (χ0) is 20.9. The summed E-state index contributed by atoms with van der Waals surface area (Å²) in [6.07, 6.45) is 21.8. The predicted octanol–water partition coefficient (Wildman–Crippen LogP) is 5.66. The van der Waals surface area contributed by atoms with Gasteiger partial charge in [0.05, 0.1) is 18.8 Å². The van der Waals surface area contributed by atoms with E-state index in [1.165, 1.54) is 64.2 Å². The summed E-state index contributed by atoms with van der Waals surface area (Å²) in [7, 11) is 0. The van der Waals surface area contributed by atoms with Gasteiger partial charge in [-0.05, 0) is 19.3 Å². The summed E-state index contributed by atoms with van der Waals surface area (Å²) in [5.74, 6) is -0.0923. The Morgan fingerprint density at radius 3 is 1.86 bits per heavy atom. The third-order valence-electron chi connectivity index (χ3n) is 5.27. The number of nitrogens with one attached hydrogen (secondary N) is 1. The van der Waals surface area contributed by atoms with Crippen molar-refractivity contribution in [2.75, 3.05) is 6.61 Å². The van der Waals surface area contributed by atoms with Crippen LogP contribution < -0.4 is 5.32 Å². The number of hydrogen-bond acceptors (Lipinski definition) is 3. The molecule has 2 atom stereocenters. The second-order valence-electron chi connectivity index (χ2n) is 8.06. The van der Waals surface area contributed by atoms with Gasteiger partial charge in [-0.2, -0.15) is 0 Å². The van der Waals surface area contributed by atoms with Crippen molar-refractivity contribution >= 4 is 5.91 Å². The molecule has 0 radical (unpaired) electrons. The number of aliphatic hydroxyl groups excluding tert-OH is 2. The van der Waals surface area contributed by atoms with Gasteiger partial charge in [0.2, 0.25) is 5.91 Å². The third-order valence-corrected chi connectivity index (χ3v) is 5.27.